The number of phenolic OH excluding ortho intramolecular Hbond substituents is 1. The fourth-order valence-corrected chi connectivity index (χ4v) is 4.73. The van der Waals surface area contributed by atoms with Crippen LogP contribution in [-0.2, 0) is 6.42 Å². The van der Waals surface area contributed by atoms with E-state index in [4.69, 9.17) is 30.0 Å². The van der Waals surface area contributed by atoms with Gasteiger partial charge in [0.05, 0.1) is 0 Å². The van der Waals surface area contributed by atoms with Gasteiger partial charge < -0.3 is 31.7 Å². The third-order valence-electron chi connectivity index (χ3n) is 6.49. The SMILES string of the molecule is CC(C)C.CC(C)C.CCCCCCCCc1ccc(O)c([C@H](CCN(C(C)C)C(C)C)c2ccccc2)c1.N.O=C(O)O.O=C(O)O. The number of rotatable bonds is 14. The van der Waals surface area contributed by atoms with Gasteiger partial charge in [-0.05, 0) is 82.5 Å². The van der Waals surface area contributed by atoms with Gasteiger partial charge in [-0.15, -0.1) is 0 Å². The third kappa shape index (κ3) is 34.0. The summed E-state index contributed by atoms with van der Waals surface area (Å²) in [7, 11) is 0. The van der Waals surface area contributed by atoms with Crippen LogP contribution in [0.25, 0.3) is 0 Å². The van der Waals surface area contributed by atoms with Crippen LogP contribution in [0.1, 0.15) is 144 Å². The number of benzene rings is 2. The van der Waals surface area contributed by atoms with Crippen LogP contribution >= 0.6 is 0 Å². The maximum atomic E-state index is 10.8. The molecule has 0 aliphatic carbocycles. The number of carbonyl (C=O) groups is 2. The van der Waals surface area contributed by atoms with Gasteiger partial charge in [-0.3, -0.25) is 4.90 Å². The second-order valence-electron chi connectivity index (χ2n) is 13.6. The Hall–Kier alpha value is -3.30. The van der Waals surface area contributed by atoms with E-state index in [1.807, 2.05) is 6.07 Å². The van der Waals surface area contributed by atoms with Crippen molar-refractivity contribution in [3.63, 3.8) is 0 Å². The molecule has 0 amide bonds. The molecule has 0 saturated heterocycles. The van der Waals surface area contributed by atoms with Crippen LogP contribution in [0.5, 0.6) is 5.75 Å². The molecular weight excluding hydrogens is 608 g/mol. The Balaban J connectivity index is -0.000000474. The first-order valence-corrected chi connectivity index (χ1v) is 17.3. The van der Waals surface area contributed by atoms with Gasteiger partial charge in [-0.25, -0.2) is 9.59 Å². The van der Waals surface area contributed by atoms with Crippen LogP contribution < -0.4 is 6.15 Å². The minimum atomic E-state index is -1.83. The zero-order valence-electron chi connectivity index (χ0n) is 32.1. The van der Waals surface area contributed by atoms with Gasteiger partial charge in [0.1, 0.15) is 5.75 Å². The molecule has 0 aromatic heterocycles. The fraction of sp³-hybridized carbons (Fsp3) is 0.641. The summed E-state index contributed by atoms with van der Waals surface area (Å²) in [5, 5.41) is 38.7. The van der Waals surface area contributed by atoms with Crippen LogP contribution in [0.15, 0.2) is 48.5 Å². The van der Waals surface area contributed by atoms with Crippen LogP contribution in [0.3, 0.4) is 0 Å². The first-order valence-electron chi connectivity index (χ1n) is 17.3. The summed E-state index contributed by atoms with van der Waals surface area (Å²) >= 11 is 0. The van der Waals surface area contributed by atoms with Crippen molar-refractivity contribution < 1.29 is 35.1 Å². The first-order chi connectivity index (χ1) is 21.9. The van der Waals surface area contributed by atoms with Crippen LogP contribution in [0.2, 0.25) is 0 Å². The Kier molecular flexibility index (Phi) is 34.6. The summed E-state index contributed by atoms with van der Waals surface area (Å²) in [6, 6.07) is 18.1. The molecule has 2 aromatic rings. The largest absolute Gasteiger partial charge is 0.508 e. The van der Waals surface area contributed by atoms with E-state index < -0.39 is 12.3 Å². The monoisotopic (exact) mass is 681 g/mol. The highest BCUT2D eigenvalue weighted by Gasteiger charge is 2.21. The third-order valence-corrected chi connectivity index (χ3v) is 6.49. The van der Waals surface area contributed by atoms with E-state index in [1.165, 1.54) is 49.7 Å². The minimum absolute atomic E-state index is 0. The normalized spacial score (nSPS) is 10.8. The maximum Gasteiger partial charge on any atom is 0.503 e. The van der Waals surface area contributed by atoms with Gasteiger partial charge in [0.25, 0.3) is 0 Å². The average molecular weight is 681 g/mol. The van der Waals surface area contributed by atoms with Gasteiger partial charge in [0.15, 0.2) is 0 Å². The van der Waals surface area contributed by atoms with Crippen molar-refractivity contribution in [2.45, 2.75) is 146 Å². The van der Waals surface area contributed by atoms with E-state index in [1.54, 1.807) is 0 Å². The average Bonchev–Trinajstić information content (AvgIpc) is 2.93. The van der Waals surface area contributed by atoms with Crippen molar-refractivity contribution in [3.8, 4) is 5.75 Å². The Morgan fingerprint density at radius 2 is 1.08 bits per heavy atom. The Bertz CT molecular complexity index is 989. The molecule has 0 aliphatic heterocycles. The molecule has 0 aliphatic rings. The summed E-state index contributed by atoms with van der Waals surface area (Å²) in [4.78, 5) is 19.7. The van der Waals surface area contributed by atoms with E-state index in [-0.39, 0.29) is 12.1 Å². The standard InChI is InChI=1S/C29H45NO.2C4H10.2CH2O3.H3N/c1-6-7-8-9-10-12-15-25-18-19-29(31)28(22-25)27(26-16-13-11-14-17-26)20-21-30(23(2)3)24(4)5;2*1-4(2)3;2*2-1(3)4;/h11,13-14,16-19,22-24,27,31H,6-10,12,15,20-21H2,1-5H3;2*4H,1-3H3;2*(H2,2,3,4);1H3/t27-;;;;;/m1...../s1. The van der Waals surface area contributed by atoms with Crippen LogP contribution in [0, 0.1) is 11.8 Å². The van der Waals surface area contributed by atoms with Crippen LogP contribution in [-0.4, -0.2) is 61.4 Å². The molecule has 0 spiro atoms. The molecule has 8 N–H and O–H groups in total. The molecule has 0 radical (unpaired) electrons. The lowest BCUT2D eigenvalue weighted by Gasteiger charge is -2.32. The molecule has 2 aromatic carbocycles. The van der Waals surface area contributed by atoms with E-state index >= 15 is 0 Å². The lowest BCUT2D eigenvalue weighted by Crippen LogP contribution is -2.38. The van der Waals surface area contributed by atoms with E-state index in [2.05, 4.69) is 124 Å². The number of hydrogen-bond donors (Lipinski definition) is 6. The number of unbranched alkanes of at least 4 members (excludes halogenated alkanes) is 5. The van der Waals surface area contributed by atoms with Gasteiger partial charge in [0.2, 0.25) is 0 Å². The summed E-state index contributed by atoms with van der Waals surface area (Å²) in [6.07, 6.45) is 6.33. The quantitative estimate of drug-likeness (QED) is 0.106. The summed E-state index contributed by atoms with van der Waals surface area (Å²) in [6.45, 7) is 25.4. The number of hydrogen-bond acceptors (Lipinski definition) is 5. The highest BCUT2D eigenvalue weighted by Crippen LogP contribution is 2.35. The summed E-state index contributed by atoms with van der Waals surface area (Å²) in [5.41, 5.74) is 3.73. The van der Waals surface area contributed by atoms with Crippen molar-refractivity contribution in [1.29, 1.82) is 0 Å². The molecule has 9 heteroatoms. The highest BCUT2D eigenvalue weighted by atomic mass is 16.6. The molecule has 280 valence electrons. The smallest absolute Gasteiger partial charge is 0.503 e. The molecular formula is C39H72N2O7. The number of nitrogens with zero attached hydrogens (tertiary/aromatic N) is 1. The van der Waals surface area contributed by atoms with Gasteiger partial charge in [-0.2, -0.15) is 0 Å². The zero-order valence-corrected chi connectivity index (χ0v) is 32.1. The summed E-state index contributed by atoms with van der Waals surface area (Å²) in [5.74, 6) is 2.31. The number of carboxylic acid groups (broad SMARTS) is 4. The molecule has 0 heterocycles. The first kappa shape index (κ1) is 51.5. The number of aryl methyl sites for hydroxylation is 1. The molecule has 1 atom stereocenters. The topological polar surface area (TPSA) is 174 Å². The van der Waals surface area contributed by atoms with Crippen molar-refractivity contribution >= 4 is 12.3 Å². The van der Waals surface area contributed by atoms with Gasteiger partial charge >= 0.3 is 12.3 Å². The minimum Gasteiger partial charge on any atom is -0.508 e. The molecule has 0 saturated carbocycles. The number of phenols is 1. The molecule has 2 rings (SSSR count). The second-order valence-corrected chi connectivity index (χ2v) is 13.6. The van der Waals surface area contributed by atoms with Crippen molar-refractivity contribution in [2.75, 3.05) is 6.54 Å². The number of aromatic hydroxyl groups is 1. The molecule has 9 nitrogen and oxygen atoms in total. The second kappa shape index (κ2) is 32.3. The van der Waals surface area contributed by atoms with Crippen molar-refractivity contribution in [1.82, 2.24) is 11.1 Å². The highest BCUT2D eigenvalue weighted by molar-refractivity contribution is 5.53. The maximum absolute atomic E-state index is 10.8. The van der Waals surface area contributed by atoms with Gasteiger partial charge in [-0.1, -0.05) is 123 Å². The zero-order chi connectivity index (χ0) is 36.9. The molecule has 48 heavy (non-hydrogen) atoms. The molecule has 0 bridgehead atoms. The van der Waals surface area contributed by atoms with Gasteiger partial charge in [0, 0.05) is 23.6 Å². The van der Waals surface area contributed by atoms with Crippen molar-refractivity contribution in [2.24, 2.45) is 11.8 Å². The predicted molar refractivity (Wildman–Crippen MR) is 202 cm³/mol. The lowest BCUT2D eigenvalue weighted by atomic mass is 9.86. The summed E-state index contributed by atoms with van der Waals surface area (Å²) < 4.78 is 0. The van der Waals surface area contributed by atoms with Crippen molar-refractivity contribution in [3.05, 3.63) is 65.2 Å². The predicted octanol–water partition coefficient (Wildman–Crippen LogP) is 11.9. The Morgan fingerprint density at radius 3 is 1.50 bits per heavy atom. The van der Waals surface area contributed by atoms with E-state index in [0.717, 1.165) is 36.8 Å². The van der Waals surface area contributed by atoms with E-state index in [9.17, 15) is 5.11 Å². The van der Waals surface area contributed by atoms with Crippen LogP contribution in [0.4, 0.5) is 9.59 Å². The fourth-order valence-electron chi connectivity index (χ4n) is 4.73. The molecule has 0 fully saturated rings. The molecule has 0 unspecified atom stereocenters. The Morgan fingerprint density at radius 1 is 0.667 bits per heavy atom. The lowest BCUT2D eigenvalue weighted by molar-refractivity contribution is 0.135. The van der Waals surface area contributed by atoms with E-state index in [0.29, 0.717) is 17.8 Å². The Labute approximate surface area is 293 Å².